The summed E-state index contributed by atoms with van der Waals surface area (Å²) in [6.45, 7) is 10.6. The molecule has 1 N–H and O–H groups in total. The fourth-order valence-electron chi connectivity index (χ4n) is 3.41. The minimum Gasteiger partial charge on any atom is -0.489 e. The summed E-state index contributed by atoms with van der Waals surface area (Å²) in [5.74, 6) is 0.900. The van der Waals surface area contributed by atoms with Crippen LogP contribution in [0.1, 0.15) is 56.5 Å². The summed E-state index contributed by atoms with van der Waals surface area (Å²) in [6.07, 6.45) is 1.03. The molecule has 0 fully saturated rings. The third-order valence-electron chi connectivity index (χ3n) is 4.92. The van der Waals surface area contributed by atoms with Gasteiger partial charge in [0.2, 0.25) is 0 Å². The van der Waals surface area contributed by atoms with Crippen molar-refractivity contribution in [1.82, 2.24) is 4.90 Å². The maximum atomic E-state index is 9.55. The zero-order chi connectivity index (χ0) is 19.8. The van der Waals surface area contributed by atoms with E-state index >= 15 is 0 Å². The number of hydrogen-bond acceptors (Lipinski definition) is 3. The quantitative estimate of drug-likeness (QED) is 0.570. The maximum absolute atomic E-state index is 9.55. The van der Waals surface area contributed by atoms with Gasteiger partial charge in [0, 0.05) is 23.3 Å². The Morgan fingerprint density at radius 3 is 2.22 bits per heavy atom. The van der Waals surface area contributed by atoms with Crippen molar-refractivity contribution < 1.29 is 9.84 Å². The molecule has 0 aliphatic rings. The van der Waals surface area contributed by atoms with Crippen LogP contribution in [0.5, 0.6) is 5.75 Å². The SMILES string of the molecule is CC(C)N(CC[C@H](P)c1cc(CO)ccc1OCc1ccccc1)C(C)C. The zero-order valence-electron chi connectivity index (χ0n) is 17.1. The third-order valence-corrected chi connectivity index (χ3v) is 5.61. The Bertz CT molecular complexity index is 680. The monoisotopic (exact) mass is 387 g/mol. The van der Waals surface area contributed by atoms with Gasteiger partial charge < -0.3 is 9.84 Å². The predicted octanol–water partition coefficient (Wildman–Crippen LogP) is 5.18. The highest BCUT2D eigenvalue weighted by Gasteiger charge is 2.18. The van der Waals surface area contributed by atoms with Crippen molar-refractivity contribution in [3.63, 3.8) is 0 Å². The number of rotatable bonds is 10. The van der Waals surface area contributed by atoms with Crippen molar-refractivity contribution in [3.05, 3.63) is 65.2 Å². The molecule has 1 unspecified atom stereocenters. The van der Waals surface area contributed by atoms with Gasteiger partial charge in [0.15, 0.2) is 0 Å². The molecule has 2 atom stereocenters. The van der Waals surface area contributed by atoms with Gasteiger partial charge in [-0.25, -0.2) is 0 Å². The van der Waals surface area contributed by atoms with Gasteiger partial charge in [-0.05, 0) is 63.9 Å². The van der Waals surface area contributed by atoms with E-state index in [1.807, 2.05) is 30.3 Å². The molecule has 0 heterocycles. The molecule has 4 heteroatoms. The van der Waals surface area contributed by atoms with E-state index in [0.717, 1.165) is 35.4 Å². The van der Waals surface area contributed by atoms with E-state index in [1.165, 1.54) is 0 Å². The molecule has 0 radical (unpaired) electrons. The first-order valence-corrected chi connectivity index (χ1v) is 10.5. The molecule has 0 aliphatic heterocycles. The number of aliphatic hydroxyl groups is 1. The second-order valence-corrected chi connectivity index (χ2v) is 8.43. The van der Waals surface area contributed by atoms with Crippen LogP contribution in [0.15, 0.2) is 48.5 Å². The van der Waals surface area contributed by atoms with Crippen molar-refractivity contribution in [2.45, 2.75) is 65.1 Å². The fourth-order valence-corrected chi connectivity index (χ4v) is 3.82. The van der Waals surface area contributed by atoms with Crippen LogP contribution in [0.4, 0.5) is 0 Å². The molecule has 148 valence electrons. The minimum atomic E-state index is 0.0491. The Morgan fingerprint density at radius 2 is 1.63 bits per heavy atom. The number of aliphatic hydroxyl groups excluding tert-OH is 1. The van der Waals surface area contributed by atoms with Crippen LogP contribution < -0.4 is 4.74 Å². The van der Waals surface area contributed by atoms with Crippen molar-refractivity contribution >= 4 is 9.24 Å². The largest absolute Gasteiger partial charge is 0.489 e. The highest BCUT2D eigenvalue weighted by Crippen LogP contribution is 2.35. The average molecular weight is 388 g/mol. The predicted molar refractivity (Wildman–Crippen MR) is 117 cm³/mol. The van der Waals surface area contributed by atoms with Gasteiger partial charge in [0.05, 0.1) is 6.61 Å². The van der Waals surface area contributed by atoms with Gasteiger partial charge in [-0.2, -0.15) is 0 Å². The Labute approximate surface area is 167 Å². The molecular formula is C23H34NO2P. The molecular weight excluding hydrogens is 353 g/mol. The van der Waals surface area contributed by atoms with Gasteiger partial charge in [0.25, 0.3) is 0 Å². The summed E-state index contributed by atoms with van der Waals surface area (Å²) in [5, 5.41) is 9.55. The van der Waals surface area contributed by atoms with E-state index in [0.29, 0.717) is 18.7 Å². The van der Waals surface area contributed by atoms with E-state index in [2.05, 4.69) is 60.0 Å². The Kier molecular flexibility index (Phi) is 8.76. The molecule has 0 saturated carbocycles. The Morgan fingerprint density at radius 1 is 0.963 bits per heavy atom. The maximum Gasteiger partial charge on any atom is 0.123 e. The highest BCUT2D eigenvalue weighted by molar-refractivity contribution is 7.17. The van der Waals surface area contributed by atoms with Crippen LogP contribution in [0.3, 0.4) is 0 Å². The second-order valence-electron chi connectivity index (χ2n) is 7.63. The van der Waals surface area contributed by atoms with Crippen molar-refractivity contribution in [2.24, 2.45) is 0 Å². The van der Waals surface area contributed by atoms with Gasteiger partial charge in [0.1, 0.15) is 12.4 Å². The highest BCUT2D eigenvalue weighted by atomic mass is 31.0. The molecule has 0 bridgehead atoms. The summed E-state index contributed by atoms with van der Waals surface area (Å²) in [7, 11) is 2.97. The Balaban J connectivity index is 2.12. The standard InChI is InChI=1S/C23H34NO2P/c1-17(2)24(18(3)4)13-12-23(27)21-14-20(15-25)10-11-22(21)26-16-19-8-6-5-7-9-19/h5-11,14,17-18,23,25H,12-13,15-16,27H2,1-4H3/t23-/m0/s1. The summed E-state index contributed by atoms with van der Waals surface area (Å²) in [5.41, 5.74) is 3.51. The lowest BCUT2D eigenvalue weighted by Gasteiger charge is -2.31. The van der Waals surface area contributed by atoms with E-state index in [4.69, 9.17) is 4.74 Å². The van der Waals surface area contributed by atoms with E-state index in [9.17, 15) is 5.11 Å². The molecule has 0 saturated heterocycles. The van der Waals surface area contributed by atoms with Gasteiger partial charge >= 0.3 is 0 Å². The summed E-state index contributed by atoms with van der Waals surface area (Å²) < 4.78 is 6.14. The van der Waals surface area contributed by atoms with E-state index in [-0.39, 0.29) is 12.3 Å². The van der Waals surface area contributed by atoms with Gasteiger partial charge in [-0.1, -0.05) is 36.4 Å². The molecule has 3 nitrogen and oxygen atoms in total. The average Bonchev–Trinajstić information content (AvgIpc) is 2.66. The molecule has 2 aromatic rings. The van der Waals surface area contributed by atoms with Crippen LogP contribution in [0, 0.1) is 0 Å². The summed E-state index contributed by atoms with van der Waals surface area (Å²) in [4.78, 5) is 2.51. The van der Waals surface area contributed by atoms with E-state index < -0.39 is 0 Å². The molecule has 0 spiro atoms. The Hall–Kier alpha value is -1.41. The lowest BCUT2D eigenvalue weighted by Crippen LogP contribution is -2.38. The van der Waals surface area contributed by atoms with Crippen LogP contribution in [-0.4, -0.2) is 28.6 Å². The number of ether oxygens (including phenoxy) is 1. The molecule has 0 amide bonds. The third kappa shape index (κ3) is 6.60. The van der Waals surface area contributed by atoms with Gasteiger partial charge in [-0.15, -0.1) is 9.24 Å². The number of nitrogens with zero attached hydrogens (tertiary/aromatic N) is 1. The fraction of sp³-hybridized carbons (Fsp3) is 0.478. The van der Waals surface area contributed by atoms with Crippen molar-refractivity contribution in [3.8, 4) is 5.75 Å². The lowest BCUT2D eigenvalue weighted by molar-refractivity contribution is 0.172. The molecule has 0 aliphatic carbocycles. The van der Waals surface area contributed by atoms with Crippen LogP contribution in [-0.2, 0) is 13.2 Å². The first kappa shape index (κ1) is 21.9. The van der Waals surface area contributed by atoms with Crippen molar-refractivity contribution in [1.29, 1.82) is 0 Å². The first-order chi connectivity index (χ1) is 12.9. The first-order valence-electron chi connectivity index (χ1n) is 9.84. The zero-order valence-corrected chi connectivity index (χ0v) is 18.2. The molecule has 0 aromatic heterocycles. The van der Waals surface area contributed by atoms with Crippen LogP contribution in [0.25, 0.3) is 0 Å². The lowest BCUT2D eigenvalue weighted by atomic mass is 10.0. The topological polar surface area (TPSA) is 32.7 Å². The van der Waals surface area contributed by atoms with Crippen LogP contribution >= 0.6 is 9.24 Å². The van der Waals surface area contributed by atoms with E-state index in [1.54, 1.807) is 0 Å². The number of hydrogen-bond donors (Lipinski definition) is 1. The molecule has 2 aromatic carbocycles. The minimum absolute atomic E-state index is 0.0491. The normalized spacial score (nSPS) is 12.8. The smallest absolute Gasteiger partial charge is 0.123 e. The van der Waals surface area contributed by atoms with Crippen LogP contribution in [0.2, 0.25) is 0 Å². The van der Waals surface area contributed by atoms with Crippen molar-refractivity contribution in [2.75, 3.05) is 6.54 Å². The molecule has 27 heavy (non-hydrogen) atoms. The summed E-state index contributed by atoms with van der Waals surface area (Å²) in [6, 6.07) is 17.3. The van der Waals surface area contributed by atoms with Gasteiger partial charge in [-0.3, -0.25) is 4.90 Å². The number of benzene rings is 2. The summed E-state index contributed by atoms with van der Waals surface area (Å²) >= 11 is 0. The molecule has 2 rings (SSSR count). The second kappa shape index (κ2) is 10.8.